The van der Waals surface area contributed by atoms with Crippen LogP contribution in [0.2, 0.25) is 5.02 Å². The molecule has 0 aliphatic carbocycles. The fourth-order valence-electron chi connectivity index (χ4n) is 2.51. The minimum Gasteiger partial charge on any atom is -0.383 e. The third-order valence-corrected chi connectivity index (χ3v) is 4.31. The molecule has 0 fully saturated rings. The van der Waals surface area contributed by atoms with Gasteiger partial charge in [0.1, 0.15) is 0 Å². The van der Waals surface area contributed by atoms with Crippen LogP contribution in [0, 0.1) is 0 Å². The molecule has 0 atom stereocenters. The molecule has 0 saturated heterocycles. The second-order valence-corrected chi connectivity index (χ2v) is 8.02. The number of benzene rings is 2. The van der Waals surface area contributed by atoms with Crippen molar-refractivity contribution < 1.29 is 4.79 Å². The van der Waals surface area contributed by atoms with Gasteiger partial charge in [0.2, 0.25) is 0 Å². The van der Waals surface area contributed by atoms with E-state index in [1.54, 1.807) is 0 Å². The average molecular weight is 359 g/mol. The molecule has 0 aliphatic rings. The zero-order valence-corrected chi connectivity index (χ0v) is 16.4. The summed E-state index contributed by atoms with van der Waals surface area (Å²) in [5.74, 6) is -0.0964. The maximum absolute atomic E-state index is 12.3. The minimum absolute atomic E-state index is 0.0777. The maximum Gasteiger partial charge on any atom is 0.251 e. The Kier molecular flexibility index (Phi) is 6.12. The Bertz CT molecular complexity index is 731. The van der Waals surface area contributed by atoms with E-state index >= 15 is 0 Å². The van der Waals surface area contributed by atoms with Gasteiger partial charge in [0.05, 0.1) is 0 Å². The summed E-state index contributed by atoms with van der Waals surface area (Å²) in [6, 6.07) is 13.9. The van der Waals surface area contributed by atoms with E-state index < -0.39 is 0 Å². The number of hydrogen-bond acceptors (Lipinski definition) is 2. The highest BCUT2D eigenvalue weighted by Gasteiger charge is 2.14. The third kappa shape index (κ3) is 5.50. The van der Waals surface area contributed by atoms with Crippen molar-refractivity contribution in [2.45, 2.75) is 52.6 Å². The van der Waals surface area contributed by atoms with Crippen LogP contribution in [0.25, 0.3) is 0 Å². The van der Waals surface area contributed by atoms with Crippen LogP contribution in [0.5, 0.6) is 0 Å². The fourth-order valence-corrected chi connectivity index (χ4v) is 2.76. The summed E-state index contributed by atoms with van der Waals surface area (Å²) in [5, 5.41) is 6.89. The molecule has 2 aromatic rings. The standard InChI is InChI=1S/C21H27ClN2O/c1-14(2)24-18-11-8-16(19(22)12-18)13-23-20(25)15-6-9-17(10-7-15)21(3,4)5/h6-12,14,24H,13H2,1-5H3,(H,23,25). The van der Waals surface area contributed by atoms with E-state index in [0.29, 0.717) is 23.2 Å². The zero-order chi connectivity index (χ0) is 18.6. The van der Waals surface area contributed by atoms with Crippen LogP contribution in [0.1, 0.15) is 56.1 Å². The lowest BCUT2D eigenvalue weighted by molar-refractivity contribution is 0.0951. The Balaban J connectivity index is 2.00. The summed E-state index contributed by atoms with van der Waals surface area (Å²) < 4.78 is 0. The van der Waals surface area contributed by atoms with Crippen LogP contribution < -0.4 is 10.6 Å². The predicted octanol–water partition coefficient (Wildman–Crippen LogP) is 5.39. The zero-order valence-electron chi connectivity index (χ0n) is 15.6. The summed E-state index contributed by atoms with van der Waals surface area (Å²) in [6.07, 6.45) is 0. The Labute approximate surface area is 155 Å². The molecule has 2 aromatic carbocycles. The molecular formula is C21H27ClN2O. The molecule has 0 unspecified atom stereocenters. The lowest BCUT2D eigenvalue weighted by Gasteiger charge is -2.19. The van der Waals surface area contributed by atoms with Gasteiger partial charge in [-0.3, -0.25) is 4.79 Å². The van der Waals surface area contributed by atoms with Gasteiger partial charge >= 0.3 is 0 Å². The van der Waals surface area contributed by atoms with Gasteiger partial charge in [0.15, 0.2) is 0 Å². The van der Waals surface area contributed by atoms with Crippen molar-refractivity contribution in [1.82, 2.24) is 5.32 Å². The van der Waals surface area contributed by atoms with Crippen LogP contribution in [0.4, 0.5) is 5.69 Å². The van der Waals surface area contributed by atoms with Gasteiger partial charge in [-0.1, -0.05) is 50.6 Å². The fraction of sp³-hybridized carbons (Fsp3) is 0.381. The summed E-state index contributed by atoms with van der Waals surface area (Å²) in [6.45, 7) is 11.0. The quantitative estimate of drug-likeness (QED) is 0.752. The van der Waals surface area contributed by atoms with E-state index in [4.69, 9.17) is 11.6 Å². The molecule has 0 aromatic heterocycles. The Morgan fingerprint density at radius 3 is 2.24 bits per heavy atom. The molecule has 1 amide bonds. The van der Waals surface area contributed by atoms with Crippen molar-refractivity contribution in [3.05, 3.63) is 64.2 Å². The minimum atomic E-state index is -0.0964. The normalized spacial score (nSPS) is 11.5. The van der Waals surface area contributed by atoms with Gasteiger partial charge in [-0.25, -0.2) is 0 Å². The van der Waals surface area contributed by atoms with E-state index in [0.717, 1.165) is 11.3 Å². The summed E-state index contributed by atoms with van der Waals surface area (Å²) in [4.78, 5) is 12.3. The first-order valence-corrected chi connectivity index (χ1v) is 8.98. The molecule has 134 valence electrons. The van der Waals surface area contributed by atoms with E-state index in [1.165, 1.54) is 5.56 Å². The van der Waals surface area contributed by atoms with Crippen molar-refractivity contribution in [1.29, 1.82) is 0 Å². The van der Waals surface area contributed by atoms with Crippen LogP contribution in [0.15, 0.2) is 42.5 Å². The Morgan fingerprint density at radius 2 is 1.72 bits per heavy atom. The molecule has 0 heterocycles. The Hall–Kier alpha value is -2.00. The van der Waals surface area contributed by atoms with Crippen molar-refractivity contribution >= 4 is 23.2 Å². The maximum atomic E-state index is 12.3. The number of carbonyl (C=O) groups is 1. The van der Waals surface area contributed by atoms with Crippen molar-refractivity contribution in [3.8, 4) is 0 Å². The molecule has 0 aliphatic heterocycles. The number of anilines is 1. The largest absolute Gasteiger partial charge is 0.383 e. The lowest BCUT2D eigenvalue weighted by atomic mass is 9.87. The third-order valence-electron chi connectivity index (χ3n) is 3.96. The highest BCUT2D eigenvalue weighted by molar-refractivity contribution is 6.31. The Morgan fingerprint density at radius 1 is 1.08 bits per heavy atom. The summed E-state index contributed by atoms with van der Waals surface area (Å²) >= 11 is 6.32. The molecule has 2 rings (SSSR count). The van der Waals surface area contributed by atoms with Gasteiger partial charge in [-0.05, 0) is 54.7 Å². The highest BCUT2D eigenvalue weighted by Crippen LogP contribution is 2.23. The van der Waals surface area contributed by atoms with Gasteiger partial charge < -0.3 is 10.6 Å². The molecule has 0 saturated carbocycles. The molecule has 0 spiro atoms. The number of halogens is 1. The second kappa shape index (κ2) is 7.92. The van der Waals surface area contributed by atoms with Gasteiger partial charge in [-0.2, -0.15) is 0 Å². The molecule has 4 heteroatoms. The first kappa shape index (κ1) is 19.3. The van der Waals surface area contributed by atoms with E-state index in [2.05, 4.69) is 45.3 Å². The SMILES string of the molecule is CC(C)Nc1ccc(CNC(=O)c2ccc(C(C)(C)C)cc2)c(Cl)c1. The van der Waals surface area contributed by atoms with E-state index in [1.807, 2.05) is 42.5 Å². The molecule has 25 heavy (non-hydrogen) atoms. The molecular weight excluding hydrogens is 332 g/mol. The lowest BCUT2D eigenvalue weighted by Crippen LogP contribution is -2.23. The number of nitrogens with one attached hydrogen (secondary N) is 2. The predicted molar refractivity (Wildman–Crippen MR) is 107 cm³/mol. The highest BCUT2D eigenvalue weighted by atomic mass is 35.5. The van der Waals surface area contributed by atoms with Gasteiger partial charge in [0.25, 0.3) is 5.91 Å². The molecule has 0 bridgehead atoms. The number of amides is 1. The first-order valence-electron chi connectivity index (χ1n) is 8.60. The van der Waals surface area contributed by atoms with Crippen LogP contribution >= 0.6 is 11.6 Å². The van der Waals surface area contributed by atoms with Gasteiger partial charge in [0, 0.05) is 28.9 Å². The number of rotatable bonds is 5. The number of hydrogen-bond donors (Lipinski definition) is 2. The second-order valence-electron chi connectivity index (χ2n) is 7.62. The van der Waals surface area contributed by atoms with Gasteiger partial charge in [-0.15, -0.1) is 0 Å². The average Bonchev–Trinajstić information content (AvgIpc) is 2.52. The van der Waals surface area contributed by atoms with Crippen LogP contribution in [-0.2, 0) is 12.0 Å². The van der Waals surface area contributed by atoms with Crippen molar-refractivity contribution in [2.24, 2.45) is 0 Å². The van der Waals surface area contributed by atoms with E-state index in [9.17, 15) is 4.79 Å². The molecule has 2 N–H and O–H groups in total. The van der Waals surface area contributed by atoms with E-state index in [-0.39, 0.29) is 11.3 Å². The van der Waals surface area contributed by atoms with Crippen LogP contribution in [0.3, 0.4) is 0 Å². The summed E-state index contributed by atoms with van der Waals surface area (Å²) in [5.41, 5.74) is 3.82. The monoisotopic (exact) mass is 358 g/mol. The first-order chi connectivity index (χ1) is 11.7. The van der Waals surface area contributed by atoms with Crippen molar-refractivity contribution in [2.75, 3.05) is 5.32 Å². The smallest absolute Gasteiger partial charge is 0.251 e. The topological polar surface area (TPSA) is 41.1 Å². The number of carbonyl (C=O) groups excluding carboxylic acids is 1. The summed E-state index contributed by atoms with van der Waals surface area (Å²) in [7, 11) is 0. The molecule has 0 radical (unpaired) electrons. The van der Waals surface area contributed by atoms with Crippen molar-refractivity contribution in [3.63, 3.8) is 0 Å². The van der Waals surface area contributed by atoms with Crippen LogP contribution in [-0.4, -0.2) is 11.9 Å². The molecule has 3 nitrogen and oxygen atoms in total.